The highest BCUT2D eigenvalue weighted by Crippen LogP contribution is 2.32. The third kappa shape index (κ3) is 4.90. The summed E-state index contributed by atoms with van der Waals surface area (Å²) in [5, 5.41) is 4.63. The zero-order valence-corrected chi connectivity index (χ0v) is 20.4. The predicted molar refractivity (Wildman–Crippen MR) is 135 cm³/mol. The van der Waals surface area contributed by atoms with Crippen LogP contribution in [-0.4, -0.2) is 42.0 Å². The van der Waals surface area contributed by atoms with Crippen LogP contribution >= 0.6 is 11.6 Å². The number of hydrogen-bond acceptors (Lipinski definition) is 5. The van der Waals surface area contributed by atoms with E-state index in [1.807, 2.05) is 6.92 Å². The molecule has 8 heteroatoms. The Morgan fingerprint density at radius 1 is 0.861 bits per heavy atom. The lowest BCUT2D eigenvalue weighted by molar-refractivity contribution is 0.103. The van der Waals surface area contributed by atoms with E-state index in [0.29, 0.717) is 48.2 Å². The van der Waals surface area contributed by atoms with E-state index < -0.39 is 0 Å². The number of halogens is 3. The maximum atomic E-state index is 13.6. The first kappa shape index (κ1) is 24.2. The highest BCUT2D eigenvalue weighted by atomic mass is 35.5. The molecule has 0 aliphatic carbocycles. The largest absolute Gasteiger partial charge is 0.338 e. The van der Waals surface area contributed by atoms with Gasteiger partial charge in [0.15, 0.2) is 5.69 Å². The van der Waals surface area contributed by atoms with Gasteiger partial charge in [-0.15, -0.1) is 0 Å². The Hall–Kier alpha value is -3.55. The average Bonchev–Trinajstić information content (AvgIpc) is 3.28. The zero-order chi connectivity index (χ0) is 25.2. The molecule has 5 nitrogen and oxygen atoms in total. The maximum Gasteiger partial charge on any atom is 0.231 e. The van der Waals surface area contributed by atoms with E-state index in [4.69, 9.17) is 16.1 Å². The molecule has 1 aromatic heterocycles. The van der Waals surface area contributed by atoms with Gasteiger partial charge in [-0.1, -0.05) is 41.0 Å². The van der Waals surface area contributed by atoms with E-state index in [0.717, 1.165) is 11.1 Å². The van der Waals surface area contributed by atoms with E-state index in [-0.39, 0.29) is 29.2 Å². The van der Waals surface area contributed by atoms with Gasteiger partial charge in [0.05, 0.1) is 6.04 Å². The lowest BCUT2D eigenvalue weighted by atomic mass is 9.96. The van der Waals surface area contributed by atoms with Crippen molar-refractivity contribution < 1.29 is 18.1 Å². The van der Waals surface area contributed by atoms with Crippen LogP contribution in [0.25, 0.3) is 0 Å². The Kier molecular flexibility index (Phi) is 6.85. The Morgan fingerprint density at radius 3 is 1.92 bits per heavy atom. The fraction of sp³-hybridized carbons (Fsp3) is 0.214. The molecule has 3 aromatic carbocycles. The lowest BCUT2D eigenvalue weighted by Crippen LogP contribution is -2.48. The second-order valence-corrected chi connectivity index (χ2v) is 9.26. The van der Waals surface area contributed by atoms with Crippen molar-refractivity contribution in [1.29, 1.82) is 0 Å². The normalized spacial score (nSPS) is 14.4. The number of carbonyl (C=O) groups excluding carboxylic acids is 1. The number of benzene rings is 3. The van der Waals surface area contributed by atoms with E-state index in [9.17, 15) is 13.6 Å². The fourth-order valence-electron chi connectivity index (χ4n) is 4.66. The van der Waals surface area contributed by atoms with Crippen LogP contribution in [0.15, 0.2) is 77.3 Å². The van der Waals surface area contributed by atoms with Crippen LogP contribution in [0.3, 0.4) is 0 Å². The summed E-state index contributed by atoms with van der Waals surface area (Å²) >= 11 is 5.94. The quantitative estimate of drug-likeness (QED) is 0.297. The van der Waals surface area contributed by atoms with Gasteiger partial charge in [0.1, 0.15) is 11.6 Å². The van der Waals surface area contributed by atoms with Crippen molar-refractivity contribution in [1.82, 2.24) is 10.1 Å². The van der Waals surface area contributed by atoms with E-state index in [1.165, 1.54) is 24.3 Å². The Bertz CT molecular complexity index is 1300. The van der Waals surface area contributed by atoms with Crippen molar-refractivity contribution in [3.63, 3.8) is 0 Å². The second kappa shape index (κ2) is 10.2. The van der Waals surface area contributed by atoms with Crippen molar-refractivity contribution in [2.45, 2.75) is 13.0 Å². The molecule has 0 bridgehead atoms. The van der Waals surface area contributed by atoms with Crippen LogP contribution in [-0.2, 0) is 0 Å². The molecule has 0 unspecified atom stereocenters. The van der Waals surface area contributed by atoms with Gasteiger partial charge in [-0.25, -0.2) is 8.78 Å². The van der Waals surface area contributed by atoms with Crippen molar-refractivity contribution in [2.24, 2.45) is 0 Å². The van der Waals surface area contributed by atoms with Gasteiger partial charge in [-0.3, -0.25) is 9.69 Å². The molecule has 0 N–H and O–H groups in total. The minimum absolute atomic E-state index is 0.147. The standard InChI is InChI=1S/C28H24ClF2N3O2/c1-18-25(27(35)21-2-8-22(29)9-3-21)32-36-28(18)34-16-14-33(15-17-34)26(19-4-10-23(30)11-5-19)20-6-12-24(31)13-7-20/h2-13,26H,14-17H2,1H3. The smallest absolute Gasteiger partial charge is 0.231 e. The van der Waals surface area contributed by atoms with Crippen molar-refractivity contribution in [2.75, 3.05) is 31.1 Å². The first-order valence-corrected chi connectivity index (χ1v) is 12.0. The van der Waals surface area contributed by atoms with Gasteiger partial charge < -0.3 is 9.42 Å². The summed E-state index contributed by atoms with van der Waals surface area (Å²) in [4.78, 5) is 17.3. The van der Waals surface area contributed by atoms with Crippen LogP contribution in [0.1, 0.15) is 38.8 Å². The first-order chi connectivity index (χ1) is 17.4. The molecule has 1 aliphatic heterocycles. The molecule has 1 saturated heterocycles. The number of piperazine rings is 1. The highest BCUT2D eigenvalue weighted by Gasteiger charge is 2.30. The summed E-state index contributed by atoms with van der Waals surface area (Å²) in [7, 11) is 0. The Morgan fingerprint density at radius 2 is 1.39 bits per heavy atom. The number of anilines is 1. The highest BCUT2D eigenvalue weighted by molar-refractivity contribution is 6.30. The molecule has 4 aromatic rings. The summed E-state index contributed by atoms with van der Waals surface area (Å²) in [6.07, 6.45) is 0. The number of hydrogen-bond donors (Lipinski definition) is 0. The van der Waals surface area contributed by atoms with Gasteiger partial charge in [-0.2, -0.15) is 0 Å². The molecule has 1 aliphatic rings. The summed E-state index contributed by atoms with van der Waals surface area (Å²) in [6, 6.07) is 19.4. The molecule has 36 heavy (non-hydrogen) atoms. The minimum Gasteiger partial charge on any atom is -0.338 e. The monoisotopic (exact) mass is 507 g/mol. The van der Waals surface area contributed by atoms with Gasteiger partial charge in [0, 0.05) is 42.3 Å². The first-order valence-electron chi connectivity index (χ1n) is 11.7. The van der Waals surface area contributed by atoms with Crippen LogP contribution in [0, 0.1) is 18.6 Å². The topological polar surface area (TPSA) is 49.6 Å². The van der Waals surface area contributed by atoms with Crippen molar-refractivity contribution in [3.8, 4) is 0 Å². The summed E-state index contributed by atoms with van der Waals surface area (Å²) in [5.74, 6) is -0.241. The molecule has 0 atom stereocenters. The number of aromatic nitrogens is 1. The van der Waals surface area contributed by atoms with Gasteiger partial charge >= 0.3 is 0 Å². The Balaban J connectivity index is 1.34. The molecule has 0 saturated carbocycles. The SMILES string of the molecule is Cc1c(C(=O)c2ccc(Cl)cc2)noc1N1CCN(C(c2ccc(F)cc2)c2ccc(F)cc2)CC1. The third-order valence-electron chi connectivity index (χ3n) is 6.56. The Labute approximate surface area is 212 Å². The lowest BCUT2D eigenvalue weighted by Gasteiger charge is -2.39. The van der Waals surface area contributed by atoms with Gasteiger partial charge in [0.25, 0.3) is 0 Å². The third-order valence-corrected chi connectivity index (χ3v) is 6.81. The molecular weight excluding hydrogens is 484 g/mol. The zero-order valence-electron chi connectivity index (χ0n) is 19.6. The van der Waals surface area contributed by atoms with Crippen LogP contribution in [0.2, 0.25) is 5.02 Å². The van der Waals surface area contributed by atoms with Crippen LogP contribution in [0.4, 0.5) is 14.7 Å². The van der Waals surface area contributed by atoms with Crippen LogP contribution in [0.5, 0.6) is 0 Å². The molecule has 0 spiro atoms. The van der Waals surface area contributed by atoms with Crippen LogP contribution < -0.4 is 4.90 Å². The predicted octanol–water partition coefficient (Wildman–Crippen LogP) is 6.06. The van der Waals surface area contributed by atoms with Gasteiger partial charge in [0.2, 0.25) is 11.7 Å². The van der Waals surface area contributed by atoms with E-state index in [2.05, 4.69) is 15.0 Å². The van der Waals surface area contributed by atoms with Gasteiger partial charge in [-0.05, 0) is 66.6 Å². The molecule has 2 heterocycles. The second-order valence-electron chi connectivity index (χ2n) is 8.83. The van der Waals surface area contributed by atoms with Crippen molar-refractivity contribution >= 4 is 23.3 Å². The summed E-state index contributed by atoms with van der Waals surface area (Å²) in [6.45, 7) is 4.48. The molecule has 1 fully saturated rings. The number of carbonyl (C=O) groups is 1. The minimum atomic E-state index is -0.300. The van der Waals surface area contributed by atoms with E-state index in [1.54, 1.807) is 48.5 Å². The number of rotatable bonds is 6. The van der Waals surface area contributed by atoms with E-state index >= 15 is 0 Å². The molecule has 184 valence electrons. The average molecular weight is 508 g/mol. The number of nitrogens with zero attached hydrogens (tertiary/aromatic N) is 3. The molecule has 5 rings (SSSR count). The molecule has 0 amide bonds. The number of ketones is 1. The molecular formula is C28H24ClF2N3O2. The summed E-state index contributed by atoms with van der Waals surface area (Å²) in [5.41, 5.74) is 3.34. The maximum absolute atomic E-state index is 13.6. The summed E-state index contributed by atoms with van der Waals surface area (Å²) < 4.78 is 32.8. The molecule has 0 radical (unpaired) electrons. The fourth-order valence-corrected chi connectivity index (χ4v) is 4.79. The van der Waals surface area contributed by atoms with Crippen molar-refractivity contribution in [3.05, 3.63) is 117 Å².